The van der Waals surface area contributed by atoms with Crippen molar-refractivity contribution in [2.24, 2.45) is 0 Å². The number of thiophene rings is 1. The summed E-state index contributed by atoms with van der Waals surface area (Å²) < 4.78 is 2.80. The minimum absolute atomic E-state index is 0.00826. The molecule has 0 bridgehead atoms. The van der Waals surface area contributed by atoms with Crippen LogP contribution >= 0.6 is 11.3 Å². The van der Waals surface area contributed by atoms with Gasteiger partial charge in [-0.2, -0.15) is 0 Å². The molecule has 62 heavy (non-hydrogen) atoms. The molecule has 2 aliphatic carbocycles. The van der Waals surface area contributed by atoms with Crippen molar-refractivity contribution < 1.29 is 0 Å². The Morgan fingerprint density at radius 1 is 0.565 bits per heavy atom. The first-order valence-electron chi connectivity index (χ1n) is 23.2. The zero-order valence-corrected chi connectivity index (χ0v) is 39.4. The van der Waals surface area contributed by atoms with E-state index in [0.29, 0.717) is 0 Å². The molecule has 0 radical (unpaired) electrons. The molecule has 6 aromatic carbocycles. The zero-order chi connectivity index (χ0) is 43.0. The van der Waals surface area contributed by atoms with Gasteiger partial charge in [0.1, 0.15) is 0 Å². The van der Waals surface area contributed by atoms with Gasteiger partial charge in [0.2, 0.25) is 0 Å². The fourth-order valence-electron chi connectivity index (χ4n) is 12.6. The number of aryl methyl sites for hydroxylation is 1. The van der Waals surface area contributed by atoms with Crippen molar-refractivity contribution in [1.29, 1.82) is 0 Å². The van der Waals surface area contributed by atoms with Crippen LogP contribution in [0.2, 0.25) is 0 Å². The van der Waals surface area contributed by atoms with Gasteiger partial charge in [-0.3, -0.25) is 0 Å². The quantitative estimate of drug-likeness (QED) is 0.160. The molecule has 0 spiro atoms. The van der Waals surface area contributed by atoms with Crippen LogP contribution in [0.5, 0.6) is 0 Å². The van der Waals surface area contributed by atoms with Crippen molar-refractivity contribution >= 4 is 78.0 Å². The third-order valence-corrected chi connectivity index (χ3v) is 17.6. The fraction of sp³-hybridized carbons (Fsp3) is 0.345. The molecule has 12 rings (SSSR count). The van der Waals surface area contributed by atoms with Crippen molar-refractivity contribution in [3.05, 3.63) is 148 Å². The van der Waals surface area contributed by atoms with Gasteiger partial charge in [-0.1, -0.05) is 142 Å². The summed E-state index contributed by atoms with van der Waals surface area (Å²) in [6.07, 6.45) is 4.75. The summed E-state index contributed by atoms with van der Waals surface area (Å²) in [6.45, 7) is 27.0. The predicted octanol–water partition coefficient (Wildman–Crippen LogP) is 14.3. The summed E-state index contributed by atoms with van der Waals surface area (Å²) in [5.74, 6) is 0. The van der Waals surface area contributed by atoms with Crippen LogP contribution in [0.1, 0.15) is 134 Å². The lowest BCUT2D eigenvalue weighted by Crippen LogP contribution is -2.62. The molecule has 1 unspecified atom stereocenters. The zero-order valence-electron chi connectivity index (χ0n) is 38.6. The average Bonchev–Trinajstić information content (AvgIpc) is 3.62. The molecule has 310 valence electrons. The Hall–Kier alpha value is -5.06. The second kappa shape index (κ2) is 12.3. The summed E-state index contributed by atoms with van der Waals surface area (Å²) in [5, 5.41) is 1.34. The van der Waals surface area contributed by atoms with E-state index in [2.05, 4.69) is 195 Å². The van der Waals surface area contributed by atoms with Crippen molar-refractivity contribution in [3.63, 3.8) is 0 Å². The van der Waals surface area contributed by atoms with Gasteiger partial charge >= 0.3 is 0 Å². The Morgan fingerprint density at radius 3 is 1.90 bits per heavy atom. The largest absolute Gasteiger partial charge is 0.311 e. The summed E-state index contributed by atoms with van der Waals surface area (Å²) in [7, 11) is 0. The average molecular weight is 827 g/mol. The molecule has 5 aliphatic rings. The first kappa shape index (κ1) is 38.6. The van der Waals surface area contributed by atoms with Crippen LogP contribution in [0.25, 0.3) is 21.2 Å². The van der Waals surface area contributed by atoms with Crippen LogP contribution in [0, 0.1) is 6.92 Å². The molecule has 4 heterocycles. The second-order valence-electron chi connectivity index (χ2n) is 22.8. The summed E-state index contributed by atoms with van der Waals surface area (Å²) >= 11 is 2.01. The summed E-state index contributed by atoms with van der Waals surface area (Å²) in [4.78, 5) is 5.48. The third kappa shape index (κ3) is 5.05. The van der Waals surface area contributed by atoms with Crippen LogP contribution < -0.4 is 25.5 Å². The highest BCUT2D eigenvalue weighted by molar-refractivity contribution is 7.33. The second-order valence-corrected chi connectivity index (χ2v) is 23.9. The Morgan fingerprint density at radius 2 is 1.19 bits per heavy atom. The van der Waals surface area contributed by atoms with Crippen molar-refractivity contribution in [2.45, 2.75) is 129 Å². The maximum absolute atomic E-state index is 2.80. The van der Waals surface area contributed by atoms with E-state index >= 15 is 0 Å². The molecule has 0 saturated carbocycles. The first-order chi connectivity index (χ1) is 29.4. The lowest BCUT2D eigenvalue weighted by Gasteiger charge is -2.55. The van der Waals surface area contributed by atoms with Crippen LogP contribution in [0.3, 0.4) is 0 Å². The van der Waals surface area contributed by atoms with E-state index in [9.17, 15) is 0 Å². The van der Waals surface area contributed by atoms with Gasteiger partial charge in [-0.25, -0.2) is 0 Å². The molecular formula is C58H59BN2S. The van der Waals surface area contributed by atoms with E-state index in [1.165, 1.54) is 118 Å². The molecule has 4 heteroatoms. The maximum Gasteiger partial charge on any atom is 0.264 e. The van der Waals surface area contributed by atoms with Crippen molar-refractivity contribution in [3.8, 4) is 11.1 Å². The van der Waals surface area contributed by atoms with Gasteiger partial charge in [0.15, 0.2) is 0 Å². The highest BCUT2D eigenvalue weighted by Crippen LogP contribution is 2.63. The van der Waals surface area contributed by atoms with Gasteiger partial charge in [-0.15, -0.1) is 11.3 Å². The van der Waals surface area contributed by atoms with E-state index in [-0.39, 0.29) is 33.8 Å². The number of anilines is 6. The number of benzene rings is 6. The molecular weight excluding hydrogens is 768 g/mol. The molecule has 1 atom stereocenters. The molecule has 0 saturated heterocycles. The molecule has 2 nitrogen and oxygen atoms in total. The normalized spacial score (nSPS) is 20.6. The van der Waals surface area contributed by atoms with Gasteiger partial charge in [0.25, 0.3) is 6.71 Å². The van der Waals surface area contributed by atoms with Crippen LogP contribution in [-0.2, 0) is 27.1 Å². The standard InChI is InChI=1S/C58H59BN2S/c1-34-29-46-50-47(30-34)61-45-33-41-40(56(7,8)25-26-57(41,9)10)32-42(45)58(11)28-27-55(5,6)39-22-23-43(52(61)49(39)58)59(50)53-51(37-19-15-16-20-48(37)62-53)60(46)44-24-21-36(54(2,3)4)31-38(44)35-17-13-12-14-18-35/h12-24,29-33H,25-28H2,1-11H3. The van der Waals surface area contributed by atoms with Crippen molar-refractivity contribution in [1.82, 2.24) is 0 Å². The summed E-state index contributed by atoms with van der Waals surface area (Å²) in [5.41, 5.74) is 24.1. The molecule has 7 aromatic rings. The minimum Gasteiger partial charge on any atom is -0.311 e. The van der Waals surface area contributed by atoms with E-state index in [0.717, 1.165) is 6.42 Å². The Labute approximate surface area is 374 Å². The highest BCUT2D eigenvalue weighted by atomic mass is 32.1. The first-order valence-corrected chi connectivity index (χ1v) is 24.0. The van der Waals surface area contributed by atoms with Gasteiger partial charge < -0.3 is 9.80 Å². The number of hydrogen-bond donors (Lipinski definition) is 0. The van der Waals surface area contributed by atoms with Gasteiger partial charge in [-0.05, 0) is 146 Å². The SMILES string of the molecule is Cc1cc2c3c(c1)N(c1ccc(C(C)(C)C)cc1-c1ccccc1)c1c(sc4ccccc14)B3c1ccc3c4c1N2c1cc2c(cc1C4(C)CCC3(C)C)C(C)(C)CCC2(C)C. The minimum atomic E-state index is -0.0953. The Balaban J connectivity index is 1.22. The monoisotopic (exact) mass is 826 g/mol. The summed E-state index contributed by atoms with van der Waals surface area (Å²) in [6, 6.07) is 43.2. The number of nitrogens with zero attached hydrogens (tertiary/aromatic N) is 2. The lowest BCUT2D eigenvalue weighted by molar-refractivity contribution is 0.327. The van der Waals surface area contributed by atoms with E-state index in [1.807, 2.05) is 11.3 Å². The number of fused-ring (bicyclic) bond motifs is 10. The van der Waals surface area contributed by atoms with Crippen molar-refractivity contribution in [2.75, 3.05) is 9.80 Å². The predicted molar refractivity (Wildman–Crippen MR) is 269 cm³/mol. The number of rotatable bonds is 2. The molecule has 0 fully saturated rings. The smallest absolute Gasteiger partial charge is 0.264 e. The highest BCUT2D eigenvalue weighted by Gasteiger charge is 2.55. The Kier molecular flexibility index (Phi) is 7.69. The fourth-order valence-corrected chi connectivity index (χ4v) is 14.0. The third-order valence-electron chi connectivity index (χ3n) is 16.4. The van der Waals surface area contributed by atoms with E-state index in [1.54, 1.807) is 11.1 Å². The van der Waals surface area contributed by atoms with Gasteiger partial charge in [0.05, 0.1) is 17.1 Å². The van der Waals surface area contributed by atoms with E-state index < -0.39 is 0 Å². The number of hydrogen-bond acceptors (Lipinski definition) is 3. The van der Waals surface area contributed by atoms with Crippen LogP contribution in [0.4, 0.5) is 34.1 Å². The van der Waals surface area contributed by atoms with Crippen LogP contribution in [0.15, 0.2) is 109 Å². The van der Waals surface area contributed by atoms with Gasteiger partial charge in [0, 0.05) is 42.9 Å². The molecule has 3 aliphatic heterocycles. The van der Waals surface area contributed by atoms with Crippen LogP contribution in [-0.4, -0.2) is 6.71 Å². The van der Waals surface area contributed by atoms with E-state index in [4.69, 9.17) is 0 Å². The maximum atomic E-state index is 2.80. The molecule has 1 aromatic heterocycles. The topological polar surface area (TPSA) is 6.48 Å². The molecule has 0 N–H and O–H groups in total. The lowest BCUT2D eigenvalue weighted by atomic mass is 9.35. The Bertz CT molecular complexity index is 3090. The molecule has 0 amide bonds.